The molecule has 2 rings (SSSR count). The van der Waals surface area contributed by atoms with Crippen molar-refractivity contribution < 1.29 is 32.5 Å². The summed E-state index contributed by atoms with van der Waals surface area (Å²) >= 11 is 0. The molecule has 8 heteroatoms. The molecular weight excluding hydrogens is 291 g/mol. The standard InChI is InChI=1S/C13H14F3NO4/c14-13(15,16)9-1-2-10(12(18)19)17-11(9)21-7-8-3-5-20-6-4-8/h1-2,8H,3-7H2,(H,18,19). The summed E-state index contributed by atoms with van der Waals surface area (Å²) < 4.78 is 48.9. The zero-order chi connectivity index (χ0) is 15.5. The van der Waals surface area contributed by atoms with Gasteiger partial charge in [0, 0.05) is 13.2 Å². The van der Waals surface area contributed by atoms with Gasteiger partial charge in [-0.1, -0.05) is 0 Å². The van der Waals surface area contributed by atoms with E-state index in [1.54, 1.807) is 0 Å². The van der Waals surface area contributed by atoms with Gasteiger partial charge in [-0.05, 0) is 30.9 Å². The highest BCUT2D eigenvalue weighted by molar-refractivity contribution is 5.85. The van der Waals surface area contributed by atoms with Gasteiger partial charge >= 0.3 is 12.1 Å². The van der Waals surface area contributed by atoms with Gasteiger partial charge in [0.15, 0.2) is 5.69 Å². The summed E-state index contributed by atoms with van der Waals surface area (Å²) in [6.45, 7) is 1.15. The average molecular weight is 305 g/mol. The van der Waals surface area contributed by atoms with Gasteiger partial charge in [-0.15, -0.1) is 0 Å². The number of alkyl halides is 3. The van der Waals surface area contributed by atoms with Crippen LogP contribution >= 0.6 is 0 Å². The van der Waals surface area contributed by atoms with Gasteiger partial charge in [0.1, 0.15) is 5.56 Å². The quantitative estimate of drug-likeness (QED) is 0.926. The number of pyridine rings is 1. The molecule has 0 amide bonds. The molecule has 2 heterocycles. The van der Waals surface area contributed by atoms with E-state index in [0.29, 0.717) is 32.1 Å². The highest BCUT2D eigenvalue weighted by Gasteiger charge is 2.36. The van der Waals surface area contributed by atoms with Crippen LogP contribution in [0.2, 0.25) is 0 Å². The second-order valence-corrected chi connectivity index (χ2v) is 4.72. The van der Waals surface area contributed by atoms with E-state index in [1.165, 1.54) is 0 Å². The number of hydrogen-bond donors (Lipinski definition) is 1. The average Bonchev–Trinajstić information content (AvgIpc) is 2.45. The van der Waals surface area contributed by atoms with Crippen molar-refractivity contribution >= 4 is 5.97 Å². The normalized spacial score (nSPS) is 16.7. The Bertz CT molecular complexity index is 513. The Morgan fingerprint density at radius 2 is 2.05 bits per heavy atom. The lowest BCUT2D eigenvalue weighted by Gasteiger charge is -2.22. The van der Waals surface area contributed by atoms with Crippen LogP contribution in [0.5, 0.6) is 5.88 Å². The van der Waals surface area contributed by atoms with Crippen molar-refractivity contribution in [3.63, 3.8) is 0 Å². The second kappa shape index (κ2) is 6.30. The smallest absolute Gasteiger partial charge is 0.421 e. The first-order valence-corrected chi connectivity index (χ1v) is 6.40. The Morgan fingerprint density at radius 3 is 2.62 bits per heavy atom. The second-order valence-electron chi connectivity index (χ2n) is 4.72. The van der Waals surface area contributed by atoms with Gasteiger partial charge in [0.05, 0.1) is 6.61 Å². The number of halogens is 3. The molecule has 0 saturated carbocycles. The topological polar surface area (TPSA) is 68.7 Å². The van der Waals surface area contributed by atoms with E-state index in [4.69, 9.17) is 14.6 Å². The van der Waals surface area contributed by atoms with Crippen LogP contribution in [0, 0.1) is 5.92 Å². The first-order valence-electron chi connectivity index (χ1n) is 6.40. The number of ether oxygens (including phenoxy) is 2. The third kappa shape index (κ3) is 4.07. The predicted molar refractivity (Wildman–Crippen MR) is 65.2 cm³/mol. The fraction of sp³-hybridized carbons (Fsp3) is 0.538. The van der Waals surface area contributed by atoms with Crippen LogP contribution in [0.4, 0.5) is 13.2 Å². The van der Waals surface area contributed by atoms with Crippen LogP contribution in [-0.2, 0) is 10.9 Å². The van der Waals surface area contributed by atoms with Crippen LogP contribution in [0.25, 0.3) is 0 Å². The maximum atomic E-state index is 12.9. The summed E-state index contributed by atoms with van der Waals surface area (Å²) in [5.41, 5.74) is -1.55. The first kappa shape index (κ1) is 15.6. The fourth-order valence-corrected chi connectivity index (χ4v) is 2.00. The van der Waals surface area contributed by atoms with E-state index in [-0.39, 0.29) is 12.5 Å². The SMILES string of the molecule is O=C(O)c1ccc(C(F)(F)F)c(OCC2CCOCC2)n1. The summed E-state index contributed by atoms with van der Waals surface area (Å²) in [5, 5.41) is 8.80. The number of aromatic nitrogens is 1. The summed E-state index contributed by atoms with van der Waals surface area (Å²) in [6, 6.07) is 1.49. The molecule has 1 N–H and O–H groups in total. The third-order valence-corrected chi connectivity index (χ3v) is 3.18. The minimum absolute atomic E-state index is 0.0580. The molecule has 21 heavy (non-hydrogen) atoms. The van der Waals surface area contributed by atoms with E-state index in [9.17, 15) is 18.0 Å². The molecule has 1 aromatic rings. The lowest BCUT2D eigenvalue weighted by molar-refractivity contribution is -0.139. The molecule has 1 fully saturated rings. The third-order valence-electron chi connectivity index (χ3n) is 3.18. The van der Waals surface area contributed by atoms with Crippen molar-refractivity contribution in [3.05, 3.63) is 23.4 Å². The van der Waals surface area contributed by atoms with E-state index in [1.807, 2.05) is 0 Å². The van der Waals surface area contributed by atoms with Gasteiger partial charge in [-0.2, -0.15) is 13.2 Å². The molecule has 5 nitrogen and oxygen atoms in total. The van der Waals surface area contributed by atoms with Crippen molar-refractivity contribution in [2.75, 3.05) is 19.8 Å². The van der Waals surface area contributed by atoms with Crippen LogP contribution in [0.3, 0.4) is 0 Å². The van der Waals surface area contributed by atoms with E-state index in [2.05, 4.69) is 4.98 Å². The van der Waals surface area contributed by atoms with Crippen LogP contribution in [-0.4, -0.2) is 35.9 Å². The minimum Gasteiger partial charge on any atom is -0.477 e. The van der Waals surface area contributed by atoms with Crippen molar-refractivity contribution in [1.82, 2.24) is 4.98 Å². The Kier molecular flexibility index (Phi) is 4.66. The number of carboxylic acids is 1. The molecular formula is C13H14F3NO4. The predicted octanol–water partition coefficient (Wildman–Crippen LogP) is 2.60. The highest BCUT2D eigenvalue weighted by Crippen LogP contribution is 2.35. The molecule has 0 unspecified atom stereocenters. The summed E-state index contributed by atoms with van der Waals surface area (Å²) in [4.78, 5) is 14.3. The van der Waals surface area contributed by atoms with E-state index < -0.39 is 29.3 Å². The van der Waals surface area contributed by atoms with E-state index >= 15 is 0 Å². The molecule has 0 atom stereocenters. The lowest BCUT2D eigenvalue weighted by Crippen LogP contribution is -2.23. The van der Waals surface area contributed by atoms with Gasteiger partial charge in [-0.25, -0.2) is 9.78 Å². The van der Waals surface area contributed by atoms with Gasteiger partial charge in [-0.3, -0.25) is 0 Å². The van der Waals surface area contributed by atoms with Crippen molar-refractivity contribution in [2.45, 2.75) is 19.0 Å². The maximum absolute atomic E-state index is 12.9. The van der Waals surface area contributed by atoms with Crippen molar-refractivity contribution in [1.29, 1.82) is 0 Å². The maximum Gasteiger partial charge on any atom is 0.421 e. The number of hydrogen-bond acceptors (Lipinski definition) is 4. The largest absolute Gasteiger partial charge is 0.477 e. The Balaban J connectivity index is 2.17. The molecule has 0 aromatic carbocycles. The summed E-state index contributed by atoms with van der Waals surface area (Å²) in [6.07, 6.45) is -3.25. The van der Waals surface area contributed by atoms with Crippen LogP contribution < -0.4 is 4.74 Å². The molecule has 1 aliphatic rings. The van der Waals surface area contributed by atoms with E-state index in [0.717, 1.165) is 6.07 Å². The van der Waals surface area contributed by atoms with Crippen molar-refractivity contribution in [2.24, 2.45) is 5.92 Å². The zero-order valence-corrected chi connectivity index (χ0v) is 11.0. The molecule has 116 valence electrons. The number of aromatic carboxylic acids is 1. The fourth-order valence-electron chi connectivity index (χ4n) is 2.00. The summed E-state index contributed by atoms with van der Waals surface area (Å²) in [7, 11) is 0. The van der Waals surface area contributed by atoms with Crippen LogP contribution in [0.1, 0.15) is 28.9 Å². The lowest BCUT2D eigenvalue weighted by atomic mass is 10.0. The summed E-state index contributed by atoms with van der Waals surface area (Å²) in [5.74, 6) is -2.01. The molecule has 0 spiro atoms. The first-order chi connectivity index (χ1) is 9.88. The molecule has 0 bridgehead atoms. The van der Waals surface area contributed by atoms with Gasteiger partial charge in [0.25, 0.3) is 0 Å². The number of carbonyl (C=O) groups is 1. The Labute approximate surface area is 118 Å². The Hall–Kier alpha value is -1.83. The minimum atomic E-state index is -4.64. The molecule has 0 radical (unpaired) electrons. The van der Waals surface area contributed by atoms with Crippen LogP contribution in [0.15, 0.2) is 12.1 Å². The highest BCUT2D eigenvalue weighted by atomic mass is 19.4. The molecule has 1 aliphatic heterocycles. The van der Waals surface area contributed by atoms with Gasteiger partial charge < -0.3 is 14.6 Å². The molecule has 1 saturated heterocycles. The number of carboxylic acid groups (broad SMARTS) is 1. The number of rotatable bonds is 4. The molecule has 1 aromatic heterocycles. The van der Waals surface area contributed by atoms with Gasteiger partial charge in [0.2, 0.25) is 5.88 Å². The Morgan fingerprint density at radius 1 is 1.38 bits per heavy atom. The van der Waals surface area contributed by atoms with Crippen molar-refractivity contribution in [3.8, 4) is 5.88 Å². The molecule has 0 aliphatic carbocycles. The monoisotopic (exact) mass is 305 g/mol. The number of nitrogens with zero attached hydrogens (tertiary/aromatic N) is 1. The zero-order valence-electron chi connectivity index (χ0n) is 11.0.